The van der Waals surface area contributed by atoms with Crippen molar-refractivity contribution in [2.45, 2.75) is 38.1 Å². The maximum atomic E-state index is 11.7. The average molecular weight is 363 g/mol. The van der Waals surface area contributed by atoms with Crippen LogP contribution in [0.25, 0.3) is 0 Å². The molecule has 0 radical (unpaired) electrons. The Hall–Kier alpha value is -2.98. The fourth-order valence-electron chi connectivity index (χ4n) is 2.19. The monoisotopic (exact) mass is 363 g/mol. The maximum Gasteiger partial charge on any atom is 0.328 e. The lowest BCUT2D eigenvalue weighted by molar-refractivity contribution is -0.141. The van der Waals surface area contributed by atoms with Crippen LogP contribution in [-0.4, -0.2) is 44.5 Å². The summed E-state index contributed by atoms with van der Waals surface area (Å²) >= 11 is 0. The van der Waals surface area contributed by atoms with E-state index in [-0.39, 0.29) is 12.4 Å². The highest BCUT2D eigenvalue weighted by atomic mass is 16.5. The first-order valence-corrected chi connectivity index (χ1v) is 7.94. The molecule has 1 aromatic carbocycles. The molecule has 0 fully saturated rings. The van der Waals surface area contributed by atoms with Crippen LogP contribution in [-0.2, 0) is 17.8 Å². The Balaban J connectivity index is 1.86. The molecular weight excluding hydrogens is 342 g/mol. The summed E-state index contributed by atoms with van der Waals surface area (Å²) in [4.78, 5) is 26.7. The second kappa shape index (κ2) is 8.92. The summed E-state index contributed by atoms with van der Waals surface area (Å²) in [5.41, 5.74) is 7.08. The van der Waals surface area contributed by atoms with Crippen molar-refractivity contribution in [3.8, 4) is 0 Å². The fourth-order valence-corrected chi connectivity index (χ4v) is 2.19. The summed E-state index contributed by atoms with van der Waals surface area (Å²) < 4.78 is 5.02. The number of carboxylic acids is 1. The number of benzene rings is 1. The Morgan fingerprint density at radius 3 is 2.62 bits per heavy atom. The highest BCUT2D eigenvalue weighted by Gasteiger charge is 2.25. The molecule has 2 aromatic rings. The SMILES string of the molecule is CC(O)C(NC(=O)NCc1nc(C(N)Cc2ccccc2)no1)C(=O)O. The van der Waals surface area contributed by atoms with Crippen molar-refractivity contribution >= 4 is 12.0 Å². The number of nitrogens with zero attached hydrogens (tertiary/aromatic N) is 2. The number of urea groups is 1. The molecule has 1 aromatic heterocycles. The van der Waals surface area contributed by atoms with Gasteiger partial charge in [-0.25, -0.2) is 9.59 Å². The molecule has 0 spiro atoms. The molecule has 0 saturated heterocycles. The van der Waals surface area contributed by atoms with E-state index in [1.807, 2.05) is 30.3 Å². The van der Waals surface area contributed by atoms with Gasteiger partial charge in [-0.05, 0) is 18.9 Å². The van der Waals surface area contributed by atoms with Gasteiger partial charge in [0, 0.05) is 0 Å². The van der Waals surface area contributed by atoms with Crippen molar-refractivity contribution in [3.05, 3.63) is 47.6 Å². The van der Waals surface area contributed by atoms with Crippen LogP contribution in [0.2, 0.25) is 0 Å². The Bertz CT molecular complexity index is 734. The first-order chi connectivity index (χ1) is 12.4. The Morgan fingerprint density at radius 1 is 1.31 bits per heavy atom. The van der Waals surface area contributed by atoms with Crippen LogP contribution in [0, 0.1) is 0 Å². The number of nitrogens with one attached hydrogen (secondary N) is 2. The molecule has 0 aliphatic carbocycles. The number of hydrogen-bond acceptors (Lipinski definition) is 7. The van der Waals surface area contributed by atoms with Gasteiger partial charge in [-0.1, -0.05) is 35.5 Å². The lowest BCUT2D eigenvalue weighted by Crippen LogP contribution is -2.51. The van der Waals surface area contributed by atoms with Crippen LogP contribution < -0.4 is 16.4 Å². The van der Waals surface area contributed by atoms with Crippen molar-refractivity contribution in [2.75, 3.05) is 0 Å². The number of aliphatic hydroxyl groups is 1. The van der Waals surface area contributed by atoms with E-state index in [0.717, 1.165) is 5.56 Å². The van der Waals surface area contributed by atoms with Gasteiger partial charge in [-0.3, -0.25) is 0 Å². The molecule has 10 nitrogen and oxygen atoms in total. The highest BCUT2D eigenvalue weighted by Crippen LogP contribution is 2.13. The van der Waals surface area contributed by atoms with Gasteiger partial charge in [0.25, 0.3) is 0 Å². The number of rotatable bonds is 8. The van der Waals surface area contributed by atoms with E-state index in [9.17, 15) is 14.7 Å². The summed E-state index contributed by atoms with van der Waals surface area (Å²) in [6.45, 7) is 1.15. The quantitative estimate of drug-likeness (QED) is 0.435. The van der Waals surface area contributed by atoms with E-state index in [1.54, 1.807) is 0 Å². The molecule has 0 bridgehead atoms. The van der Waals surface area contributed by atoms with Gasteiger partial charge >= 0.3 is 12.0 Å². The number of aromatic nitrogens is 2. The number of carbonyl (C=O) groups excluding carboxylic acids is 1. The summed E-state index contributed by atoms with van der Waals surface area (Å²) in [6, 6.07) is 6.93. The van der Waals surface area contributed by atoms with E-state index in [2.05, 4.69) is 20.8 Å². The minimum absolute atomic E-state index is 0.108. The van der Waals surface area contributed by atoms with E-state index in [0.29, 0.717) is 12.2 Å². The molecule has 0 aliphatic heterocycles. The van der Waals surface area contributed by atoms with Gasteiger partial charge in [-0.2, -0.15) is 4.98 Å². The van der Waals surface area contributed by atoms with Gasteiger partial charge in [0.1, 0.15) is 0 Å². The first-order valence-electron chi connectivity index (χ1n) is 7.94. The van der Waals surface area contributed by atoms with E-state index < -0.39 is 30.2 Å². The molecule has 26 heavy (non-hydrogen) atoms. The Morgan fingerprint density at radius 2 is 2.00 bits per heavy atom. The van der Waals surface area contributed by atoms with E-state index in [4.69, 9.17) is 15.4 Å². The van der Waals surface area contributed by atoms with Crippen molar-refractivity contribution in [3.63, 3.8) is 0 Å². The number of amides is 2. The fraction of sp³-hybridized carbons (Fsp3) is 0.375. The first kappa shape index (κ1) is 19.3. The van der Waals surface area contributed by atoms with Gasteiger partial charge in [0.05, 0.1) is 18.7 Å². The summed E-state index contributed by atoms with van der Waals surface area (Å²) in [7, 11) is 0. The van der Waals surface area contributed by atoms with Crippen LogP contribution in [0.1, 0.15) is 30.2 Å². The van der Waals surface area contributed by atoms with Crippen molar-refractivity contribution in [1.29, 1.82) is 0 Å². The number of nitrogens with two attached hydrogens (primary N) is 1. The minimum Gasteiger partial charge on any atom is -0.480 e. The molecule has 6 N–H and O–H groups in total. The number of aliphatic hydroxyl groups excluding tert-OH is 1. The molecule has 0 aliphatic rings. The van der Waals surface area contributed by atoms with Gasteiger partial charge in [0.2, 0.25) is 5.89 Å². The highest BCUT2D eigenvalue weighted by molar-refractivity contribution is 5.82. The maximum absolute atomic E-state index is 11.7. The minimum atomic E-state index is -1.42. The second-order valence-corrected chi connectivity index (χ2v) is 5.73. The predicted octanol–water partition coefficient (Wildman–Crippen LogP) is -0.0547. The smallest absolute Gasteiger partial charge is 0.328 e. The number of carbonyl (C=O) groups is 2. The Labute approximate surface area is 149 Å². The zero-order valence-electron chi connectivity index (χ0n) is 14.1. The van der Waals surface area contributed by atoms with Crippen LogP contribution in [0.15, 0.2) is 34.9 Å². The number of hydrogen-bond donors (Lipinski definition) is 5. The predicted molar refractivity (Wildman–Crippen MR) is 89.8 cm³/mol. The standard InChI is InChI=1S/C16H21N5O5/c1-9(22)13(15(23)24)20-16(25)18-8-12-19-14(21-26-12)11(17)7-10-5-3-2-4-6-10/h2-6,9,11,13,22H,7-8,17H2,1H3,(H,23,24)(H2,18,20,25). The van der Waals surface area contributed by atoms with Gasteiger partial charge in [-0.15, -0.1) is 0 Å². The molecule has 10 heteroatoms. The van der Waals surface area contributed by atoms with Crippen LogP contribution in [0.3, 0.4) is 0 Å². The largest absolute Gasteiger partial charge is 0.480 e. The molecule has 140 valence electrons. The average Bonchev–Trinajstić information content (AvgIpc) is 3.07. The topological polar surface area (TPSA) is 164 Å². The van der Waals surface area contributed by atoms with Crippen LogP contribution in [0.4, 0.5) is 4.79 Å². The molecule has 1 heterocycles. The van der Waals surface area contributed by atoms with Gasteiger partial charge < -0.3 is 31.1 Å². The lowest BCUT2D eigenvalue weighted by atomic mass is 10.1. The van der Waals surface area contributed by atoms with E-state index in [1.165, 1.54) is 6.92 Å². The van der Waals surface area contributed by atoms with Crippen molar-refractivity contribution in [2.24, 2.45) is 5.73 Å². The zero-order valence-corrected chi connectivity index (χ0v) is 14.1. The van der Waals surface area contributed by atoms with Gasteiger partial charge in [0.15, 0.2) is 11.9 Å². The van der Waals surface area contributed by atoms with Crippen LogP contribution >= 0.6 is 0 Å². The lowest BCUT2D eigenvalue weighted by Gasteiger charge is -2.16. The van der Waals surface area contributed by atoms with E-state index >= 15 is 0 Å². The third kappa shape index (κ3) is 5.53. The van der Waals surface area contributed by atoms with Crippen molar-refractivity contribution < 1.29 is 24.3 Å². The number of carboxylic acid groups (broad SMARTS) is 1. The molecule has 3 atom stereocenters. The molecule has 0 saturated carbocycles. The normalized spacial score (nSPS) is 14.3. The number of aliphatic carboxylic acids is 1. The van der Waals surface area contributed by atoms with Crippen LogP contribution in [0.5, 0.6) is 0 Å². The molecule has 3 unspecified atom stereocenters. The zero-order chi connectivity index (χ0) is 19.1. The van der Waals surface area contributed by atoms with Crippen molar-refractivity contribution in [1.82, 2.24) is 20.8 Å². The molecular formula is C16H21N5O5. The third-order valence-electron chi connectivity index (χ3n) is 3.55. The third-order valence-corrected chi connectivity index (χ3v) is 3.55. The molecule has 2 rings (SSSR count). The summed E-state index contributed by atoms with van der Waals surface area (Å²) in [5, 5.41) is 26.5. The second-order valence-electron chi connectivity index (χ2n) is 5.73. The summed E-state index contributed by atoms with van der Waals surface area (Å²) in [5.74, 6) is -0.914. The Kier molecular flexibility index (Phi) is 6.64. The summed E-state index contributed by atoms with van der Waals surface area (Å²) in [6.07, 6.45) is -0.716. The molecule has 2 amide bonds.